The van der Waals surface area contributed by atoms with Crippen LogP contribution in [0.1, 0.15) is 245 Å². The van der Waals surface area contributed by atoms with E-state index >= 15 is 0 Å². The van der Waals surface area contributed by atoms with E-state index in [1.54, 1.807) is 6.07 Å². The summed E-state index contributed by atoms with van der Waals surface area (Å²) in [5.41, 5.74) is 14.4. The number of rotatable bonds is 8. The molecule has 6 aromatic carbocycles. The third kappa shape index (κ3) is 25.5. The average Bonchev–Trinajstić information content (AvgIpc) is 1.70. The van der Waals surface area contributed by atoms with Crippen LogP contribution in [0, 0.1) is 11.3 Å². The number of ketones is 2. The number of hydrogen-bond donors (Lipinski definition) is 0. The number of carbonyl (C=O) groups is 2. The predicted molar refractivity (Wildman–Crippen MR) is 387 cm³/mol. The van der Waals surface area contributed by atoms with E-state index in [0.29, 0.717) is 34.5 Å². The van der Waals surface area contributed by atoms with Gasteiger partial charge in [0, 0.05) is 66.3 Å². The number of para-hydroxylation sites is 2. The number of carbonyl (C=O) groups excluding carboxylic acids is 2. The van der Waals surface area contributed by atoms with Gasteiger partial charge in [-0.25, -0.2) is 9.97 Å². The van der Waals surface area contributed by atoms with Crippen molar-refractivity contribution in [1.29, 1.82) is 5.26 Å². The van der Waals surface area contributed by atoms with Crippen LogP contribution >= 0.6 is 0 Å². The standard InChI is InChI=1S/2C35H45N2O2.2C5H8O2.C2H3N.2O.2V/c2*1-32(2,3)21-17-24(34(7,8)9)29(38)27(19-21)36-26-16-14-13-15-23(26)31-37-28-20-22(33(4,5)6)18-25(30(28)39-31)35(10,11)12;2*1-4(6)3-5(2)7;1-2-3;;;;/h2*13-20H,1-12H3,(H-,36,37,38);2*3,6H,1-2H3;1H3;;;;/q2*-1;;;;2*-2;;/p-4/b;;2*4-3-;;;;;. The third-order valence-electron chi connectivity index (χ3n) is 15.4. The first kappa shape index (κ1) is 91.5. The summed E-state index contributed by atoms with van der Waals surface area (Å²) < 4.78 is 13.0. The fourth-order valence-electron chi connectivity index (χ4n) is 9.99. The van der Waals surface area contributed by atoms with Crippen LogP contribution in [-0.4, -0.2) is 21.5 Å². The second-order valence-corrected chi connectivity index (χ2v) is 32.7. The molecule has 0 N–H and O–H groups in total. The molecule has 0 aliphatic rings. The largest absolute Gasteiger partial charge is 2.00 e. The number of allylic oxidation sites excluding steroid dienone is 4. The van der Waals surface area contributed by atoms with Crippen molar-refractivity contribution in [2.45, 2.75) is 244 Å². The van der Waals surface area contributed by atoms with Gasteiger partial charge in [0.1, 0.15) is 11.0 Å². The zero-order valence-corrected chi connectivity index (χ0v) is 66.9. The van der Waals surface area contributed by atoms with Crippen LogP contribution in [0.5, 0.6) is 11.5 Å². The minimum Gasteiger partial charge on any atom is -2.00 e. The maximum atomic E-state index is 13.6. The van der Waals surface area contributed by atoms with Crippen molar-refractivity contribution in [3.8, 4) is 40.5 Å². The van der Waals surface area contributed by atoms with Gasteiger partial charge in [0.15, 0.2) is 22.7 Å². The summed E-state index contributed by atoms with van der Waals surface area (Å²) in [5.74, 6) is 0.202. The van der Waals surface area contributed by atoms with E-state index in [2.05, 4.69) is 203 Å². The molecule has 0 saturated carbocycles. The summed E-state index contributed by atoms with van der Waals surface area (Å²) in [4.78, 5) is 29.9. The van der Waals surface area contributed by atoms with Gasteiger partial charge in [-0.2, -0.15) is 5.26 Å². The molecule has 15 nitrogen and oxygen atoms in total. The van der Waals surface area contributed by atoms with E-state index in [1.807, 2.05) is 60.7 Å². The second kappa shape index (κ2) is 35.2. The van der Waals surface area contributed by atoms with Gasteiger partial charge < -0.3 is 50.8 Å². The Labute approximate surface area is 615 Å². The molecule has 99 heavy (non-hydrogen) atoms. The van der Waals surface area contributed by atoms with Crippen molar-refractivity contribution in [3.63, 3.8) is 0 Å². The molecule has 0 bridgehead atoms. The molecule has 0 aliphatic carbocycles. The quantitative estimate of drug-likeness (QED) is 0.102. The molecule has 538 valence electrons. The van der Waals surface area contributed by atoms with Crippen molar-refractivity contribution in [1.82, 2.24) is 9.97 Å². The number of hydrogen-bond acceptors (Lipinski definition) is 11. The number of benzene rings is 6. The van der Waals surface area contributed by atoms with Crippen LogP contribution < -0.4 is 20.4 Å². The van der Waals surface area contributed by atoms with Crippen molar-refractivity contribution < 1.29 is 86.9 Å². The van der Waals surface area contributed by atoms with Crippen LogP contribution in [-0.2, 0) is 101 Å². The Kier molecular flexibility index (Phi) is 32.5. The van der Waals surface area contributed by atoms with Crippen LogP contribution in [0.15, 0.2) is 130 Å². The predicted octanol–water partition coefficient (Wildman–Crippen LogP) is 20.2. The summed E-state index contributed by atoms with van der Waals surface area (Å²) >= 11 is 0. The van der Waals surface area contributed by atoms with Crippen LogP contribution in [0.25, 0.3) is 55.7 Å². The Bertz CT molecular complexity index is 3880. The van der Waals surface area contributed by atoms with Crippen LogP contribution in [0.2, 0.25) is 0 Å². The molecule has 0 amide bonds. The maximum Gasteiger partial charge on any atom is 0.226 e. The van der Waals surface area contributed by atoms with Crippen molar-refractivity contribution in [2.75, 3.05) is 0 Å². The molecule has 0 unspecified atom stereocenters. The van der Waals surface area contributed by atoms with Gasteiger partial charge in [0.25, 0.3) is 0 Å². The molecule has 0 spiro atoms. The molecular weight excluding hydrogens is 1320 g/mol. The third-order valence-corrected chi connectivity index (χ3v) is 15.4. The molecular formula is C82H105N5O10V2-10. The molecule has 2 radical (unpaired) electrons. The number of nitrogens with zero attached hydrogens (tertiary/aromatic N) is 5. The zero-order chi connectivity index (χ0) is 72.7. The SMILES string of the molecule is CC#N.CC(=O)/C=C(/C)[O-].CC(=O)/C=C(/C)[O-].CC(C)(C)c1cc([N-]c2ccccc2-c2nc3cc(C(C)(C)C)cc(C(C)(C)C)c3o2)c([O-])c(C(C)(C)C)c1.CC(C)(C)c1cc([N-]c2ccccc2-c2nc3cc(C(C)(C)C)cc(C(C)(C)C)c3o2)c([O-])c(C(C)(C)C)c1.[O-2].[O-2].[V].[V]. The number of oxazole rings is 2. The Morgan fingerprint density at radius 2 is 0.657 bits per heavy atom. The summed E-state index contributed by atoms with van der Waals surface area (Å²) in [6.45, 7) is 58.7. The first-order chi connectivity index (χ1) is 43.2. The smallest absolute Gasteiger partial charge is 0.226 e. The van der Waals surface area contributed by atoms with E-state index in [4.69, 9.17) is 34.7 Å². The number of aromatic nitrogens is 2. The van der Waals surface area contributed by atoms with Crippen LogP contribution in [0.3, 0.4) is 0 Å². The van der Waals surface area contributed by atoms with Crippen molar-refractivity contribution >= 4 is 56.5 Å². The summed E-state index contributed by atoms with van der Waals surface area (Å²) in [6, 6.07) is 34.1. The van der Waals surface area contributed by atoms with Gasteiger partial charge in [0.2, 0.25) is 11.8 Å². The molecule has 0 aliphatic heterocycles. The zero-order valence-electron chi connectivity index (χ0n) is 64.1. The topological polar surface area (TPSA) is 287 Å². The first-order valence-electron chi connectivity index (χ1n) is 32.5. The minimum atomic E-state index is -0.295. The van der Waals surface area contributed by atoms with Gasteiger partial charge in [0.05, 0.1) is 6.07 Å². The Balaban J connectivity index is 0.00000152. The first-order valence-corrected chi connectivity index (χ1v) is 32.5. The average molecular weight is 1420 g/mol. The molecule has 0 atom stereocenters. The Hall–Kier alpha value is -7.54. The van der Waals surface area contributed by atoms with Crippen molar-refractivity contribution in [2.24, 2.45) is 0 Å². The fourth-order valence-corrected chi connectivity index (χ4v) is 9.99. The van der Waals surface area contributed by atoms with E-state index < -0.39 is 0 Å². The number of nitriles is 1. The molecule has 8 aromatic rings. The Morgan fingerprint density at radius 1 is 0.414 bits per heavy atom. The number of fused-ring (bicyclic) bond motifs is 2. The van der Waals surface area contributed by atoms with Crippen molar-refractivity contribution in [3.05, 3.63) is 176 Å². The summed E-state index contributed by atoms with van der Waals surface area (Å²) in [6.07, 6.45) is 2.11. The Morgan fingerprint density at radius 3 is 0.879 bits per heavy atom. The minimum absolute atomic E-state index is 0. The van der Waals surface area contributed by atoms with Gasteiger partial charge in [-0.3, -0.25) is 9.59 Å². The monoisotopic (exact) mass is 1420 g/mol. The second-order valence-electron chi connectivity index (χ2n) is 32.7. The van der Waals surface area contributed by atoms with E-state index in [0.717, 1.165) is 78.9 Å². The van der Waals surface area contributed by atoms with Gasteiger partial charge in [-0.1, -0.05) is 276 Å². The summed E-state index contributed by atoms with van der Waals surface area (Å²) in [7, 11) is 0. The van der Waals surface area contributed by atoms with Gasteiger partial charge in [-0.15, -0.1) is 45.8 Å². The molecule has 17 heteroatoms. The van der Waals surface area contributed by atoms with E-state index in [-0.39, 0.29) is 126 Å². The molecule has 0 fully saturated rings. The van der Waals surface area contributed by atoms with E-state index in [9.17, 15) is 30.0 Å². The van der Waals surface area contributed by atoms with Crippen LogP contribution in [0.4, 0.5) is 22.7 Å². The molecule has 8 rings (SSSR count). The normalized spacial score (nSPS) is 12.1. The van der Waals surface area contributed by atoms with Gasteiger partial charge in [-0.05, 0) is 104 Å². The molecule has 0 saturated heterocycles. The fraction of sp³-hybridized carbons (Fsp3) is 0.451. The van der Waals surface area contributed by atoms with Gasteiger partial charge >= 0.3 is 0 Å². The van der Waals surface area contributed by atoms with E-state index in [1.165, 1.54) is 45.7 Å². The summed E-state index contributed by atoms with van der Waals surface area (Å²) in [5, 5.41) is 64.5. The maximum absolute atomic E-state index is 13.6. The molecule has 2 heterocycles. The molecule has 2 aromatic heterocycles.